The summed E-state index contributed by atoms with van der Waals surface area (Å²) in [5.74, 6) is 0. The van der Waals surface area contributed by atoms with Gasteiger partial charge in [0.2, 0.25) is 0 Å². The van der Waals surface area contributed by atoms with Gasteiger partial charge in [-0.05, 0) is 49.5 Å². The number of halogens is 3. The van der Waals surface area contributed by atoms with Gasteiger partial charge < -0.3 is 5.73 Å². The normalized spacial score (nSPS) is 13.7. The quantitative estimate of drug-likeness (QED) is 0.568. The summed E-state index contributed by atoms with van der Waals surface area (Å²) in [4.78, 5) is 2.37. The maximum Gasteiger partial charge on any atom is 0.446 e. The molecule has 0 heterocycles. The molecule has 0 amide bonds. The highest BCUT2D eigenvalue weighted by Gasteiger charge is 2.29. The predicted octanol–water partition coefficient (Wildman–Crippen LogP) is 4.42. The van der Waals surface area contributed by atoms with Gasteiger partial charge in [-0.15, -0.1) is 0 Å². The van der Waals surface area contributed by atoms with E-state index in [0.29, 0.717) is 6.54 Å². The number of benzene rings is 1. The van der Waals surface area contributed by atoms with Crippen LogP contribution in [0.25, 0.3) is 0 Å². The van der Waals surface area contributed by atoms with Gasteiger partial charge in [0.25, 0.3) is 0 Å². The van der Waals surface area contributed by atoms with Crippen molar-refractivity contribution in [3.8, 4) is 0 Å². The second-order valence-corrected chi connectivity index (χ2v) is 6.19. The summed E-state index contributed by atoms with van der Waals surface area (Å²) in [6.45, 7) is 3.54. The largest absolute Gasteiger partial charge is 0.446 e. The van der Waals surface area contributed by atoms with E-state index in [9.17, 15) is 13.2 Å². The van der Waals surface area contributed by atoms with Crippen LogP contribution in [0.3, 0.4) is 0 Å². The molecular formula is C15H23F3N2S. The summed E-state index contributed by atoms with van der Waals surface area (Å²) in [5.41, 5.74) is 2.54. The molecule has 0 saturated carbocycles. The van der Waals surface area contributed by atoms with Crippen LogP contribution in [-0.2, 0) is 0 Å². The maximum atomic E-state index is 12.3. The molecule has 1 aromatic carbocycles. The van der Waals surface area contributed by atoms with E-state index in [2.05, 4.69) is 11.8 Å². The van der Waals surface area contributed by atoms with E-state index in [1.165, 1.54) is 18.6 Å². The first-order valence-electron chi connectivity index (χ1n) is 7.13. The van der Waals surface area contributed by atoms with Crippen LogP contribution in [-0.4, -0.2) is 30.5 Å². The number of nitrogens with two attached hydrogens (primary N) is 1. The average Bonchev–Trinajstić information content (AvgIpc) is 2.40. The minimum absolute atomic E-state index is 0.0480. The van der Waals surface area contributed by atoms with Gasteiger partial charge in [0, 0.05) is 17.5 Å². The molecule has 1 atom stereocenters. The molecule has 0 fully saturated rings. The molecule has 0 aliphatic heterocycles. The van der Waals surface area contributed by atoms with Crippen molar-refractivity contribution in [1.82, 2.24) is 4.90 Å². The topological polar surface area (TPSA) is 29.3 Å². The number of rotatable bonds is 8. The summed E-state index contributed by atoms with van der Waals surface area (Å²) in [7, 11) is 2.01. The Kier molecular flexibility index (Phi) is 7.56. The van der Waals surface area contributed by atoms with Crippen molar-refractivity contribution >= 4 is 11.8 Å². The molecule has 0 aromatic heterocycles. The first-order valence-corrected chi connectivity index (χ1v) is 7.95. The molecule has 0 aliphatic carbocycles. The molecule has 0 aliphatic rings. The van der Waals surface area contributed by atoms with E-state index in [0.717, 1.165) is 24.9 Å². The second kappa shape index (κ2) is 8.66. The van der Waals surface area contributed by atoms with Gasteiger partial charge in [-0.25, -0.2) is 0 Å². The lowest BCUT2D eigenvalue weighted by atomic mass is 10.1. The van der Waals surface area contributed by atoms with Gasteiger partial charge in [0.1, 0.15) is 0 Å². The maximum absolute atomic E-state index is 12.3. The fraction of sp³-hybridized carbons (Fsp3) is 0.600. The van der Waals surface area contributed by atoms with Gasteiger partial charge in [-0.3, -0.25) is 4.90 Å². The molecule has 120 valence electrons. The van der Waals surface area contributed by atoms with E-state index in [-0.39, 0.29) is 22.7 Å². The van der Waals surface area contributed by atoms with E-state index in [4.69, 9.17) is 5.73 Å². The molecule has 2 N–H and O–H groups in total. The van der Waals surface area contributed by atoms with Gasteiger partial charge in [0.05, 0.1) is 0 Å². The van der Waals surface area contributed by atoms with Crippen LogP contribution < -0.4 is 5.73 Å². The number of hydrogen-bond donors (Lipinski definition) is 1. The fourth-order valence-electron chi connectivity index (χ4n) is 2.23. The number of alkyl halides is 3. The fourth-order valence-corrected chi connectivity index (χ4v) is 2.77. The molecule has 0 radical (unpaired) electrons. The van der Waals surface area contributed by atoms with Gasteiger partial charge in [-0.1, -0.05) is 31.9 Å². The third-order valence-corrected chi connectivity index (χ3v) is 4.11. The Balaban J connectivity index is 2.68. The standard InChI is InChI=1S/C15H23F3N2S/c1-3-4-5-10-20(2)14(11-19)12-6-8-13(9-7-12)21-15(16,17)18/h6-9,14H,3-5,10-11,19H2,1-2H3. The third-order valence-electron chi connectivity index (χ3n) is 3.37. The highest BCUT2D eigenvalue weighted by atomic mass is 32.2. The Morgan fingerprint density at radius 3 is 2.29 bits per heavy atom. The van der Waals surface area contributed by atoms with Crippen molar-refractivity contribution in [1.29, 1.82) is 0 Å². The van der Waals surface area contributed by atoms with Gasteiger partial charge in [0.15, 0.2) is 0 Å². The summed E-state index contributed by atoms with van der Waals surface area (Å²) >= 11 is -0.0908. The molecule has 6 heteroatoms. The number of thioether (sulfide) groups is 1. The molecule has 1 rings (SSSR count). The minimum atomic E-state index is -4.24. The Bertz CT molecular complexity index is 406. The second-order valence-electron chi connectivity index (χ2n) is 5.06. The van der Waals surface area contributed by atoms with Crippen LogP contribution in [0.15, 0.2) is 29.2 Å². The molecular weight excluding hydrogens is 297 g/mol. The zero-order valence-electron chi connectivity index (χ0n) is 12.5. The first-order chi connectivity index (χ1) is 9.87. The van der Waals surface area contributed by atoms with Crippen molar-refractivity contribution in [3.05, 3.63) is 29.8 Å². The van der Waals surface area contributed by atoms with E-state index in [1.54, 1.807) is 12.1 Å². The summed E-state index contributed by atoms with van der Waals surface area (Å²) < 4.78 is 36.9. The van der Waals surface area contributed by atoms with Crippen LogP contribution in [0.5, 0.6) is 0 Å². The number of unbranched alkanes of at least 4 members (excludes halogenated alkanes) is 2. The Morgan fingerprint density at radius 2 is 1.81 bits per heavy atom. The summed E-state index contributed by atoms with van der Waals surface area (Å²) in [5, 5.41) is 0. The van der Waals surface area contributed by atoms with E-state index in [1.807, 2.05) is 7.05 Å². The lowest BCUT2D eigenvalue weighted by Crippen LogP contribution is -2.31. The summed E-state index contributed by atoms with van der Waals surface area (Å²) in [6.07, 6.45) is 3.43. The number of nitrogens with zero attached hydrogens (tertiary/aromatic N) is 1. The van der Waals surface area contributed by atoms with E-state index < -0.39 is 5.51 Å². The van der Waals surface area contributed by atoms with Crippen LogP contribution in [0.1, 0.15) is 37.8 Å². The monoisotopic (exact) mass is 320 g/mol. The Hall–Kier alpha value is -0.720. The lowest BCUT2D eigenvalue weighted by Gasteiger charge is -2.27. The van der Waals surface area contributed by atoms with Crippen LogP contribution >= 0.6 is 11.8 Å². The summed E-state index contributed by atoms with van der Waals surface area (Å²) in [6, 6.07) is 6.54. The molecule has 1 unspecified atom stereocenters. The average molecular weight is 320 g/mol. The van der Waals surface area contributed by atoms with Crippen molar-refractivity contribution in [2.45, 2.75) is 42.6 Å². The Labute approximate surface area is 128 Å². The minimum Gasteiger partial charge on any atom is -0.329 e. The lowest BCUT2D eigenvalue weighted by molar-refractivity contribution is -0.0328. The smallest absolute Gasteiger partial charge is 0.329 e. The number of hydrogen-bond acceptors (Lipinski definition) is 3. The van der Waals surface area contributed by atoms with Crippen molar-refractivity contribution in [2.75, 3.05) is 20.1 Å². The van der Waals surface area contributed by atoms with Crippen molar-refractivity contribution in [3.63, 3.8) is 0 Å². The van der Waals surface area contributed by atoms with Crippen LogP contribution in [0.4, 0.5) is 13.2 Å². The predicted molar refractivity (Wildman–Crippen MR) is 82.3 cm³/mol. The zero-order valence-corrected chi connectivity index (χ0v) is 13.3. The Morgan fingerprint density at radius 1 is 1.19 bits per heavy atom. The molecule has 2 nitrogen and oxygen atoms in total. The SMILES string of the molecule is CCCCCN(C)C(CN)c1ccc(SC(F)(F)F)cc1. The molecule has 0 saturated heterocycles. The van der Waals surface area contributed by atoms with E-state index >= 15 is 0 Å². The molecule has 21 heavy (non-hydrogen) atoms. The number of likely N-dealkylation sites (N-methyl/N-ethyl adjacent to an activating group) is 1. The van der Waals surface area contributed by atoms with Gasteiger partial charge in [-0.2, -0.15) is 13.2 Å². The zero-order chi connectivity index (χ0) is 15.9. The van der Waals surface area contributed by atoms with Crippen LogP contribution in [0.2, 0.25) is 0 Å². The van der Waals surface area contributed by atoms with Gasteiger partial charge >= 0.3 is 5.51 Å². The molecule has 0 bridgehead atoms. The molecule has 0 spiro atoms. The first kappa shape index (κ1) is 18.3. The van der Waals surface area contributed by atoms with Crippen molar-refractivity contribution < 1.29 is 13.2 Å². The van der Waals surface area contributed by atoms with Crippen LogP contribution in [0, 0.1) is 0 Å². The highest BCUT2D eigenvalue weighted by Crippen LogP contribution is 2.37. The molecule has 1 aromatic rings. The third kappa shape index (κ3) is 6.72. The highest BCUT2D eigenvalue weighted by molar-refractivity contribution is 8.00. The van der Waals surface area contributed by atoms with Crippen molar-refractivity contribution in [2.24, 2.45) is 5.73 Å².